The van der Waals surface area contributed by atoms with Crippen molar-refractivity contribution < 1.29 is 9.53 Å². The van der Waals surface area contributed by atoms with Crippen molar-refractivity contribution in [3.05, 3.63) is 71.9 Å². The molecule has 1 aromatic heterocycles. The number of aryl methyl sites for hydroxylation is 1. The van der Waals surface area contributed by atoms with Crippen molar-refractivity contribution in [3.63, 3.8) is 0 Å². The summed E-state index contributed by atoms with van der Waals surface area (Å²) in [7, 11) is 1.36. The van der Waals surface area contributed by atoms with Crippen LogP contribution in [0.1, 0.15) is 22.8 Å². The first kappa shape index (κ1) is 17.4. The second kappa shape index (κ2) is 8.11. The van der Waals surface area contributed by atoms with Gasteiger partial charge in [0.2, 0.25) is 5.95 Å². The monoisotopic (exact) mass is 348 g/mol. The number of nitrogens with one attached hydrogen (secondary N) is 2. The Morgan fingerprint density at radius 1 is 0.962 bits per heavy atom. The SMILES string of the molecule is CCc1ccc(Nc2nccc(Nc3ccc(C(=O)OC)cc3)n2)cc1. The first-order chi connectivity index (χ1) is 12.7. The number of rotatable bonds is 6. The molecule has 3 aromatic rings. The number of aromatic nitrogens is 2. The van der Waals surface area contributed by atoms with E-state index in [2.05, 4.69) is 39.7 Å². The summed E-state index contributed by atoms with van der Waals surface area (Å²) in [4.78, 5) is 20.2. The van der Waals surface area contributed by atoms with Gasteiger partial charge in [0.05, 0.1) is 12.7 Å². The second-order valence-electron chi connectivity index (χ2n) is 5.63. The summed E-state index contributed by atoms with van der Waals surface area (Å²) in [6, 6.07) is 16.9. The quantitative estimate of drug-likeness (QED) is 0.646. The van der Waals surface area contributed by atoms with Crippen molar-refractivity contribution in [2.24, 2.45) is 0 Å². The zero-order chi connectivity index (χ0) is 18.4. The fourth-order valence-corrected chi connectivity index (χ4v) is 2.40. The zero-order valence-electron chi connectivity index (χ0n) is 14.7. The average Bonchev–Trinajstić information content (AvgIpc) is 2.69. The zero-order valence-corrected chi connectivity index (χ0v) is 14.7. The Morgan fingerprint density at radius 3 is 2.27 bits per heavy atom. The van der Waals surface area contributed by atoms with E-state index >= 15 is 0 Å². The van der Waals surface area contributed by atoms with Crippen LogP contribution in [0.5, 0.6) is 0 Å². The molecule has 0 aliphatic heterocycles. The van der Waals surface area contributed by atoms with Crippen LogP contribution in [0.3, 0.4) is 0 Å². The fraction of sp³-hybridized carbons (Fsp3) is 0.150. The number of benzene rings is 2. The number of anilines is 4. The van der Waals surface area contributed by atoms with Crippen molar-refractivity contribution in [2.45, 2.75) is 13.3 Å². The Hall–Kier alpha value is -3.41. The lowest BCUT2D eigenvalue weighted by atomic mass is 10.1. The Kier molecular flexibility index (Phi) is 5.43. The molecule has 0 saturated carbocycles. The van der Waals surface area contributed by atoms with Crippen molar-refractivity contribution in [1.29, 1.82) is 0 Å². The van der Waals surface area contributed by atoms with E-state index in [1.54, 1.807) is 36.5 Å². The van der Waals surface area contributed by atoms with Gasteiger partial charge in [-0.1, -0.05) is 19.1 Å². The molecular weight excluding hydrogens is 328 g/mol. The molecule has 0 saturated heterocycles. The van der Waals surface area contributed by atoms with E-state index in [-0.39, 0.29) is 5.97 Å². The van der Waals surface area contributed by atoms with Gasteiger partial charge in [-0.15, -0.1) is 0 Å². The van der Waals surface area contributed by atoms with Crippen LogP contribution < -0.4 is 10.6 Å². The highest BCUT2D eigenvalue weighted by molar-refractivity contribution is 5.89. The maximum absolute atomic E-state index is 11.5. The van der Waals surface area contributed by atoms with E-state index in [1.165, 1.54) is 12.7 Å². The number of nitrogens with zero attached hydrogens (tertiary/aromatic N) is 2. The molecule has 0 bridgehead atoms. The van der Waals surface area contributed by atoms with Gasteiger partial charge < -0.3 is 15.4 Å². The Labute approximate surface area is 152 Å². The molecule has 0 fully saturated rings. The summed E-state index contributed by atoms with van der Waals surface area (Å²) in [5.41, 5.74) is 3.53. The minimum Gasteiger partial charge on any atom is -0.465 e. The normalized spacial score (nSPS) is 10.2. The van der Waals surface area contributed by atoms with Gasteiger partial charge in [0.1, 0.15) is 5.82 Å². The van der Waals surface area contributed by atoms with Crippen LogP contribution in [-0.2, 0) is 11.2 Å². The maximum atomic E-state index is 11.5. The number of carbonyl (C=O) groups is 1. The van der Waals surface area contributed by atoms with Crippen LogP contribution in [0.4, 0.5) is 23.1 Å². The molecule has 0 amide bonds. The van der Waals surface area contributed by atoms with Gasteiger partial charge in [0.15, 0.2) is 0 Å². The highest BCUT2D eigenvalue weighted by atomic mass is 16.5. The number of ether oxygens (including phenoxy) is 1. The summed E-state index contributed by atoms with van der Waals surface area (Å²) in [6.07, 6.45) is 2.69. The third-order valence-electron chi connectivity index (χ3n) is 3.85. The van der Waals surface area contributed by atoms with E-state index in [9.17, 15) is 4.79 Å². The fourth-order valence-electron chi connectivity index (χ4n) is 2.40. The number of carbonyl (C=O) groups excluding carboxylic acids is 1. The molecule has 6 nitrogen and oxygen atoms in total. The van der Waals surface area contributed by atoms with Crippen molar-refractivity contribution in [3.8, 4) is 0 Å². The van der Waals surface area contributed by atoms with Gasteiger partial charge in [-0.25, -0.2) is 9.78 Å². The Bertz CT molecular complexity index is 877. The van der Waals surface area contributed by atoms with Crippen LogP contribution in [0.25, 0.3) is 0 Å². The Balaban J connectivity index is 1.69. The highest BCUT2D eigenvalue weighted by Gasteiger charge is 2.05. The predicted octanol–water partition coefficient (Wildman–Crippen LogP) is 4.31. The molecule has 26 heavy (non-hydrogen) atoms. The molecule has 6 heteroatoms. The van der Waals surface area contributed by atoms with Gasteiger partial charge in [-0.3, -0.25) is 0 Å². The largest absolute Gasteiger partial charge is 0.465 e. The summed E-state index contributed by atoms with van der Waals surface area (Å²) in [5, 5.41) is 6.38. The molecule has 2 N–H and O–H groups in total. The van der Waals surface area contributed by atoms with Gasteiger partial charge >= 0.3 is 5.97 Å². The third-order valence-corrected chi connectivity index (χ3v) is 3.85. The summed E-state index contributed by atoms with van der Waals surface area (Å²) < 4.78 is 4.69. The molecule has 0 aliphatic rings. The van der Waals surface area contributed by atoms with Crippen LogP contribution in [0.15, 0.2) is 60.8 Å². The first-order valence-electron chi connectivity index (χ1n) is 8.32. The van der Waals surface area contributed by atoms with Crippen LogP contribution in [-0.4, -0.2) is 23.0 Å². The second-order valence-corrected chi connectivity index (χ2v) is 5.63. The van der Waals surface area contributed by atoms with Gasteiger partial charge in [0.25, 0.3) is 0 Å². The van der Waals surface area contributed by atoms with Gasteiger partial charge in [-0.2, -0.15) is 4.98 Å². The molecule has 1 heterocycles. The summed E-state index contributed by atoms with van der Waals surface area (Å²) in [5.74, 6) is 0.795. The molecule has 0 atom stereocenters. The molecule has 0 unspecified atom stereocenters. The predicted molar refractivity (Wildman–Crippen MR) is 102 cm³/mol. The summed E-state index contributed by atoms with van der Waals surface area (Å²) >= 11 is 0. The minimum atomic E-state index is -0.362. The van der Waals surface area contributed by atoms with Crippen LogP contribution >= 0.6 is 0 Å². The molecular formula is C20H20N4O2. The molecule has 2 aromatic carbocycles. The lowest BCUT2D eigenvalue weighted by Gasteiger charge is -2.09. The van der Waals surface area contributed by atoms with Crippen LogP contribution in [0, 0.1) is 0 Å². The lowest BCUT2D eigenvalue weighted by Crippen LogP contribution is -2.02. The summed E-state index contributed by atoms with van der Waals surface area (Å²) in [6.45, 7) is 2.12. The van der Waals surface area contributed by atoms with Gasteiger partial charge in [-0.05, 0) is 54.4 Å². The highest BCUT2D eigenvalue weighted by Crippen LogP contribution is 2.19. The molecule has 0 spiro atoms. The minimum absolute atomic E-state index is 0.362. The molecule has 132 valence electrons. The number of methoxy groups -OCH3 is 1. The van der Waals surface area contributed by atoms with E-state index in [4.69, 9.17) is 4.74 Å². The number of esters is 1. The smallest absolute Gasteiger partial charge is 0.337 e. The van der Waals surface area contributed by atoms with E-state index in [0.29, 0.717) is 17.3 Å². The average molecular weight is 348 g/mol. The van der Waals surface area contributed by atoms with E-state index < -0.39 is 0 Å². The first-order valence-corrected chi connectivity index (χ1v) is 8.32. The van der Waals surface area contributed by atoms with Crippen LogP contribution in [0.2, 0.25) is 0 Å². The molecule has 0 radical (unpaired) electrons. The standard InChI is InChI=1S/C20H20N4O2/c1-3-14-4-8-17(9-5-14)23-20-21-13-12-18(24-20)22-16-10-6-15(7-11-16)19(25)26-2/h4-13H,3H2,1-2H3,(H2,21,22,23,24). The maximum Gasteiger partial charge on any atom is 0.337 e. The van der Waals surface area contributed by atoms with E-state index in [0.717, 1.165) is 17.8 Å². The number of hydrogen-bond donors (Lipinski definition) is 2. The topological polar surface area (TPSA) is 76.1 Å². The van der Waals surface area contributed by atoms with Crippen molar-refractivity contribution in [2.75, 3.05) is 17.7 Å². The van der Waals surface area contributed by atoms with Crippen molar-refractivity contribution >= 4 is 29.1 Å². The Morgan fingerprint density at radius 2 is 1.62 bits per heavy atom. The number of hydrogen-bond acceptors (Lipinski definition) is 6. The third kappa shape index (κ3) is 4.36. The molecule has 0 aliphatic carbocycles. The molecule has 3 rings (SSSR count). The van der Waals surface area contributed by atoms with E-state index in [1.807, 2.05) is 12.1 Å². The van der Waals surface area contributed by atoms with Crippen molar-refractivity contribution in [1.82, 2.24) is 9.97 Å². The van der Waals surface area contributed by atoms with Gasteiger partial charge in [0, 0.05) is 17.6 Å². The lowest BCUT2D eigenvalue weighted by molar-refractivity contribution is 0.0601.